The van der Waals surface area contributed by atoms with Gasteiger partial charge >= 0.3 is 5.97 Å². The first-order chi connectivity index (χ1) is 6.65. The zero-order valence-corrected chi connectivity index (χ0v) is 7.95. The molecule has 0 aliphatic heterocycles. The van der Waals surface area contributed by atoms with Crippen molar-refractivity contribution in [3.8, 4) is 6.07 Å². The molecule has 1 aromatic rings. The number of hydrogen-bond donors (Lipinski definition) is 1. The third-order valence-electron chi connectivity index (χ3n) is 1.56. The molecule has 0 amide bonds. The molecule has 0 heterocycles. The maximum absolute atomic E-state index is 11.3. The van der Waals surface area contributed by atoms with Gasteiger partial charge in [0.2, 0.25) is 0 Å². The van der Waals surface area contributed by atoms with Gasteiger partial charge in [0, 0.05) is 4.90 Å². The Hall–Kier alpha value is -1.67. The second-order valence-electron chi connectivity index (χ2n) is 2.48. The largest absolute Gasteiger partial charge is 0.478 e. The first-order valence-electron chi connectivity index (χ1n) is 3.74. The molecule has 1 unspecified atom stereocenters. The topological polar surface area (TPSA) is 78.2 Å². The van der Waals surface area contributed by atoms with Gasteiger partial charge in [-0.2, -0.15) is 5.26 Å². The molecule has 0 spiro atoms. The predicted octanol–water partition coefficient (Wildman–Crippen LogP) is 1.02. The molecule has 0 fully saturated rings. The number of nitrogens with zero attached hydrogens (tertiary/aromatic N) is 1. The second kappa shape index (κ2) is 4.53. The van der Waals surface area contributed by atoms with Crippen LogP contribution in [0.15, 0.2) is 29.2 Å². The van der Waals surface area contributed by atoms with Gasteiger partial charge < -0.3 is 5.11 Å². The number of aromatic carboxylic acids is 1. The normalized spacial score (nSPS) is 11.6. The molecular formula is C9H7NO3S. The highest BCUT2D eigenvalue weighted by molar-refractivity contribution is 7.85. The average Bonchev–Trinajstić information content (AvgIpc) is 2.18. The van der Waals surface area contributed by atoms with E-state index in [9.17, 15) is 9.00 Å². The van der Waals surface area contributed by atoms with Crippen molar-refractivity contribution in [1.82, 2.24) is 0 Å². The van der Waals surface area contributed by atoms with Crippen LogP contribution >= 0.6 is 0 Å². The molecule has 0 radical (unpaired) electrons. The van der Waals surface area contributed by atoms with Crippen molar-refractivity contribution in [3.05, 3.63) is 29.8 Å². The summed E-state index contributed by atoms with van der Waals surface area (Å²) in [4.78, 5) is 10.9. The van der Waals surface area contributed by atoms with E-state index in [0.29, 0.717) is 4.90 Å². The number of benzene rings is 1. The minimum atomic E-state index is -1.36. The summed E-state index contributed by atoms with van der Waals surface area (Å²) in [6.45, 7) is 0. The fourth-order valence-electron chi connectivity index (χ4n) is 0.891. The Morgan fingerprint density at radius 3 is 2.43 bits per heavy atom. The van der Waals surface area contributed by atoms with Crippen molar-refractivity contribution in [3.63, 3.8) is 0 Å². The average molecular weight is 209 g/mol. The summed E-state index contributed by atoms with van der Waals surface area (Å²) in [6, 6.07) is 7.43. The van der Waals surface area contributed by atoms with Crippen LogP contribution in [-0.4, -0.2) is 21.0 Å². The second-order valence-corrected chi connectivity index (χ2v) is 3.93. The summed E-state index contributed by atoms with van der Waals surface area (Å²) in [5, 5.41) is 16.9. The van der Waals surface area contributed by atoms with E-state index >= 15 is 0 Å². The number of carboxylic acids is 1. The van der Waals surface area contributed by atoms with E-state index in [0.717, 1.165) is 0 Å². The first kappa shape index (κ1) is 10.4. The van der Waals surface area contributed by atoms with Crippen LogP contribution in [0.2, 0.25) is 0 Å². The number of carbonyl (C=O) groups is 1. The van der Waals surface area contributed by atoms with Gasteiger partial charge in [-0.05, 0) is 24.3 Å². The lowest BCUT2D eigenvalue weighted by molar-refractivity contribution is 0.0697. The molecule has 1 aromatic carbocycles. The molecule has 1 atom stereocenters. The number of nitriles is 1. The maximum atomic E-state index is 11.3. The molecule has 5 heteroatoms. The van der Waals surface area contributed by atoms with Gasteiger partial charge in [-0.1, -0.05) is 0 Å². The molecule has 1 rings (SSSR count). The van der Waals surface area contributed by atoms with Crippen molar-refractivity contribution in [1.29, 1.82) is 5.26 Å². The molecule has 72 valence electrons. The molecule has 0 saturated heterocycles. The van der Waals surface area contributed by atoms with Gasteiger partial charge in [0.25, 0.3) is 0 Å². The lowest BCUT2D eigenvalue weighted by Gasteiger charge is -1.98. The molecule has 4 nitrogen and oxygen atoms in total. The summed E-state index contributed by atoms with van der Waals surface area (Å²) >= 11 is 0. The molecule has 0 aliphatic rings. The van der Waals surface area contributed by atoms with E-state index in [-0.39, 0.29) is 11.3 Å². The lowest BCUT2D eigenvalue weighted by Crippen LogP contribution is -1.98. The predicted molar refractivity (Wildman–Crippen MR) is 50.3 cm³/mol. The Balaban J connectivity index is 2.89. The van der Waals surface area contributed by atoms with Gasteiger partial charge in [0.15, 0.2) is 0 Å². The van der Waals surface area contributed by atoms with Gasteiger partial charge in [0.1, 0.15) is 5.75 Å². The van der Waals surface area contributed by atoms with Crippen LogP contribution in [-0.2, 0) is 10.8 Å². The third kappa shape index (κ3) is 2.41. The summed E-state index contributed by atoms with van der Waals surface area (Å²) in [7, 11) is -1.36. The summed E-state index contributed by atoms with van der Waals surface area (Å²) < 4.78 is 11.3. The van der Waals surface area contributed by atoms with E-state index in [1.54, 1.807) is 6.07 Å². The molecule has 0 bridgehead atoms. The number of rotatable bonds is 3. The molecule has 1 N–H and O–H groups in total. The maximum Gasteiger partial charge on any atom is 0.335 e. The SMILES string of the molecule is N#CCS(=O)c1ccc(C(=O)O)cc1. The van der Waals surface area contributed by atoms with Crippen molar-refractivity contribution in [2.75, 3.05) is 5.75 Å². The van der Waals surface area contributed by atoms with Gasteiger partial charge in [-0.15, -0.1) is 0 Å². The number of carboxylic acid groups (broad SMARTS) is 1. The van der Waals surface area contributed by atoms with E-state index < -0.39 is 16.8 Å². The molecule has 0 saturated carbocycles. The van der Waals surface area contributed by atoms with Crippen molar-refractivity contribution in [2.45, 2.75) is 4.90 Å². The van der Waals surface area contributed by atoms with E-state index in [4.69, 9.17) is 10.4 Å². The van der Waals surface area contributed by atoms with E-state index in [1.807, 2.05) is 0 Å². The van der Waals surface area contributed by atoms with Crippen LogP contribution in [0, 0.1) is 11.3 Å². The standard InChI is InChI=1S/C9H7NO3S/c10-5-6-14(13)8-3-1-7(2-4-8)9(11)12/h1-4H,6H2,(H,11,12). The minimum Gasteiger partial charge on any atom is -0.478 e. The van der Waals surface area contributed by atoms with Crippen LogP contribution in [0.5, 0.6) is 0 Å². The minimum absolute atomic E-state index is 0.0770. The Kier molecular flexibility index (Phi) is 3.37. The third-order valence-corrected chi connectivity index (χ3v) is 2.75. The number of hydrogen-bond acceptors (Lipinski definition) is 3. The zero-order chi connectivity index (χ0) is 10.6. The fraction of sp³-hybridized carbons (Fsp3) is 0.111. The molecule has 0 aliphatic carbocycles. The van der Waals surface area contributed by atoms with Crippen molar-refractivity contribution < 1.29 is 14.1 Å². The summed E-state index contributed by atoms with van der Waals surface area (Å²) in [5.74, 6) is -1.10. The highest BCUT2D eigenvalue weighted by Gasteiger charge is 2.05. The van der Waals surface area contributed by atoms with Crippen LogP contribution < -0.4 is 0 Å². The fourth-order valence-corrected chi connectivity index (χ4v) is 1.61. The van der Waals surface area contributed by atoms with Crippen molar-refractivity contribution in [2.24, 2.45) is 0 Å². The summed E-state index contributed by atoms with van der Waals surface area (Å²) in [6.07, 6.45) is 0. The van der Waals surface area contributed by atoms with Crippen LogP contribution in [0.25, 0.3) is 0 Å². The molecule has 0 aromatic heterocycles. The van der Waals surface area contributed by atoms with Crippen LogP contribution in [0.1, 0.15) is 10.4 Å². The van der Waals surface area contributed by atoms with Gasteiger partial charge in [-0.3, -0.25) is 4.21 Å². The smallest absolute Gasteiger partial charge is 0.335 e. The zero-order valence-electron chi connectivity index (χ0n) is 7.14. The van der Waals surface area contributed by atoms with Gasteiger partial charge in [0.05, 0.1) is 22.4 Å². The van der Waals surface area contributed by atoms with E-state index in [1.165, 1.54) is 24.3 Å². The quantitative estimate of drug-likeness (QED) is 0.806. The Labute approximate surface area is 83.2 Å². The monoisotopic (exact) mass is 209 g/mol. The first-order valence-corrected chi connectivity index (χ1v) is 5.05. The van der Waals surface area contributed by atoms with E-state index in [2.05, 4.69) is 0 Å². The highest BCUT2D eigenvalue weighted by Crippen LogP contribution is 2.08. The highest BCUT2D eigenvalue weighted by atomic mass is 32.2. The van der Waals surface area contributed by atoms with Crippen molar-refractivity contribution >= 4 is 16.8 Å². The lowest BCUT2D eigenvalue weighted by atomic mass is 10.2. The van der Waals surface area contributed by atoms with Crippen LogP contribution in [0.4, 0.5) is 0 Å². The van der Waals surface area contributed by atoms with Gasteiger partial charge in [-0.25, -0.2) is 4.79 Å². The Morgan fingerprint density at radius 2 is 2.00 bits per heavy atom. The Morgan fingerprint density at radius 1 is 1.43 bits per heavy atom. The molecule has 14 heavy (non-hydrogen) atoms. The summed E-state index contributed by atoms with van der Waals surface area (Å²) in [5.41, 5.74) is 0.141. The molecular weight excluding hydrogens is 202 g/mol. The van der Waals surface area contributed by atoms with Crippen LogP contribution in [0.3, 0.4) is 0 Å². The Bertz CT molecular complexity index is 405.